The molecule has 0 saturated carbocycles. The zero-order valence-corrected chi connectivity index (χ0v) is 16.6. The van der Waals surface area contributed by atoms with Crippen LogP contribution >= 0.6 is 35.0 Å². The summed E-state index contributed by atoms with van der Waals surface area (Å²) in [5.41, 5.74) is 3.89. The van der Waals surface area contributed by atoms with E-state index in [1.807, 2.05) is 16.8 Å². The Balaban J connectivity index is 1.70. The number of para-hydroxylation sites is 1. The molecule has 1 aromatic heterocycles. The van der Waals surface area contributed by atoms with Gasteiger partial charge in [0.1, 0.15) is 0 Å². The highest BCUT2D eigenvalue weighted by atomic mass is 35.5. The second-order valence-corrected chi connectivity index (χ2v) is 7.54. The maximum absolute atomic E-state index is 12.3. The van der Waals surface area contributed by atoms with E-state index < -0.39 is 0 Å². The summed E-state index contributed by atoms with van der Waals surface area (Å²) in [4.78, 5) is 16.6. The van der Waals surface area contributed by atoms with Crippen LogP contribution < -0.4 is 5.32 Å². The lowest BCUT2D eigenvalue weighted by molar-refractivity contribution is -0.113. The molecule has 1 amide bonds. The molecule has 4 nitrogen and oxygen atoms in total. The Hall–Kier alpha value is -1.95. The van der Waals surface area contributed by atoms with Gasteiger partial charge in [0.05, 0.1) is 21.5 Å². The van der Waals surface area contributed by atoms with E-state index >= 15 is 0 Å². The second-order valence-electron chi connectivity index (χ2n) is 5.78. The largest absolute Gasteiger partial charge is 0.323 e. The third-order valence-electron chi connectivity index (χ3n) is 3.94. The van der Waals surface area contributed by atoms with Crippen LogP contribution in [0.5, 0.6) is 0 Å². The van der Waals surface area contributed by atoms with Crippen molar-refractivity contribution < 1.29 is 4.79 Å². The molecule has 0 saturated heterocycles. The number of anilines is 1. The van der Waals surface area contributed by atoms with Gasteiger partial charge in [-0.25, -0.2) is 4.98 Å². The number of aromatic nitrogens is 2. The van der Waals surface area contributed by atoms with Crippen molar-refractivity contribution in [3.05, 3.63) is 70.0 Å². The summed E-state index contributed by atoms with van der Waals surface area (Å²) in [6, 6.07) is 11.3. The number of thioether (sulfide) groups is 1. The molecule has 0 fully saturated rings. The zero-order valence-electron chi connectivity index (χ0n) is 14.3. The SMILES string of the molecule is Cc1ccc(-n2ccnc2SCC(=O)Nc2c(Cl)cccc2Cl)cc1C. The fourth-order valence-electron chi connectivity index (χ4n) is 2.39. The lowest BCUT2D eigenvalue weighted by Gasteiger charge is -2.11. The number of rotatable bonds is 5. The van der Waals surface area contributed by atoms with Gasteiger partial charge < -0.3 is 5.32 Å². The molecular formula is C19H17Cl2N3OS. The number of amides is 1. The quantitative estimate of drug-likeness (QED) is 0.567. The van der Waals surface area contributed by atoms with Gasteiger partial charge >= 0.3 is 0 Å². The van der Waals surface area contributed by atoms with Crippen molar-refractivity contribution in [1.29, 1.82) is 0 Å². The molecule has 0 bridgehead atoms. The molecule has 3 rings (SSSR count). The summed E-state index contributed by atoms with van der Waals surface area (Å²) >= 11 is 13.5. The molecule has 0 aliphatic carbocycles. The van der Waals surface area contributed by atoms with E-state index in [-0.39, 0.29) is 11.7 Å². The van der Waals surface area contributed by atoms with Crippen LogP contribution in [0.15, 0.2) is 53.9 Å². The Bertz CT molecular complexity index is 935. The van der Waals surface area contributed by atoms with Gasteiger partial charge in [-0.05, 0) is 49.2 Å². The standard InChI is InChI=1S/C19H17Cl2N3OS/c1-12-6-7-14(10-13(12)2)24-9-8-22-19(24)26-11-17(25)23-18-15(20)4-3-5-16(18)21/h3-10H,11H2,1-2H3,(H,23,25). The van der Waals surface area contributed by atoms with Crippen LogP contribution in [0, 0.1) is 13.8 Å². The topological polar surface area (TPSA) is 46.9 Å². The summed E-state index contributed by atoms with van der Waals surface area (Å²) < 4.78 is 1.97. The molecule has 1 heterocycles. The van der Waals surface area contributed by atoms with Crippen molar-refractivity contribution in [3.8, 4) is 5.69 Å². The highest BCUT2D eigenvalue weighted by Crippen LogP contribution is 2.30. The first kappa shape index (κ1) is 18.8. The van der Waals surface area contributed by atoms with Crippen LogP contribution in [0.3, 0.4) is 0 Å². The van der Waals surface area contributed by atoms with Crippen molar-refractivity contribution in [1.82, 2.24) is 9.55 Å². The summed E-state index contributed by atoms with van der Waals surface area (Å²) in [5, 5.41) is 4.32. The van der Waals surface area contributed by atoms with Crippen molar-refractivity contribution >= 4 is 46.6 Å². The fourth-order valence-corrected chi connectivity index (χ4v) is 3.66. The summed E-state index contributed by atoms with van der Waals surface area (Å²) in [5.74, 6) is 0.00305. The first-order valence-corrected chi connectivity index (χ1v) is 9.67. The van der Waals surface area contributed by atoms with Crippen LogP contribution in [0.25, 0.3) is 5.69 Å². The first-order valence-electron chi connectivity index (χ1n) is 7.93. The zero-order chi connectivity index (χ0) is 18.7. The number of halogens is 2. The molecule has 0 aliphatic heterocycles. The minimum absolute atomic E-state index is 0.195. The van der Waals surface area contributed by atoms with Gasteiger partial charge in [-0.1, -0.05) is 47.1 Å². The van der Waals surface area contributed by atoms with E-state index in [0.717, 1.165) is 10.8 Å². The number of benzene rings is 2. The van der Waals surface area contributed by atoms with Crippen molar-refractivity contribution in [2.45, 2.75) is 19.0 Å². The lowest BCUT2D eigenvalue weighted by Crippen LogP contribution is -2.15. The van der Waals surface area contributed by atoms with Crippen LogP contribution in [0.2, 0.25) is 10.0 Å². The average Bonchev–Trinajstić information content (AvgIpc) is 3.07. The van der Waals surface area contributed by atoms with Gasteiger partial charge in [0.25, 0.3) is 0 Å². The highest BCUT2D eigenvalue weighted by molar-refractivity contribution is 7.99. The Morgan fingerprint density at radius 3 is 2.58 bits per heavy atom. The van der Waals surface area contributed by atoms with E-state index in [9.17, 15) is 4.79 Å². The molecule has 0 aliphatic rings. The molecule has 3 aromatic rings. The third kappa shape index (κ3) is 4.23. The number of aryl methyl sites for hydroxylation is 2. The van der Waals surface area contributed by atoms with Gasteiger partial charge in [0, 0.05) is 18.1 Å². The molecule has 1 N–H and O–H groups in total. The van der Waals surface area contributed by atoms with E-state index in [1.165, 1.54) is 22.9 Å². The smallest absolute Gasteiger partial charge is 0.234 e. The second kappa shape index (κ2) is 8.16. The van der Waals surface area contributed by atoms with E-state index in [0.29, 0.717) is 15.7 Å². The molecule has 0 spiro atoms. The Morgan fingerprint density at radius 1 is 1.15 bits per heavy atom. The molecule has 0 atom stereocenters. The third-order valence-corrected chi connectivity index (χ3v) is 5.53. The molecule has 0 radical (unpaired) electrons. The van der Waals surface area contributed by atoms with Crippen molar-refractivity contribution in [2.24, 2.45) is 0 Å². The van der Waals surface area contributed by atoms with Gasteiger partial charge in [-0.2, -0.15) is 0 Å². The number of carbonyl (C=O) groups excluding carboxylic acids is 1. The van der Waals surface area contributed by atoms with E-state index in [2.05, 4.69) is 36.3 Å². The number of hydrogen-bond donors (Lipinski definition) is 1. The predicted molar refractivity (Wildman–Crippen MR) is 109 cm³/mol. The lowest BCUT2D eigenvalue weighted by atomic mass is 10.1. The Labute approximate surface area is 166 Å². The Morgan fingerprint density at radius 2 is 1.88 bits per heavy atom. The number of hydrogen-bond acceptors (Lipinski definition) is 3. The number of nitrogens with one attached hydrogen (secondary N) is 1. The van der Waals surface area contributed by atoms with Crippen molar-refractivity contribution in [3.63, 3.8) is 0 Å². The molecular weight excluding hydrogens is 389 g/mol. The molecule has 2 aromatic carbocycles. The maximum Gasteiger partial charge on any atom is 0.234 e. The van der Waals surface area contributed by atoms with E-state index in [4.69, 9.17) is 23.2 Å². The van der Waals surface area contributed by atoms with E-state index in [1.54, 1.807) is 24.4 Å². The van der Waals surface area contributed by atoms with Gasteiger partial charge in [-0.15, -0.1) is 0 Å². The minimum atomic E-state index is -0.195. The highest BCUT2D eigenvalue weighted by Gasteiger charge is 2.12. The fraction of sp³-hybridized carbons (Fsp3) is 0.158. The number of carbonyl (C=O) groups is 1. The average molecular weight is 406 g/mol. The summed E-state index contributed by atoms with van der Waals surface area (Å²) in [6.07, 6.45) is 3.61. The van der Waals surface area contributed by atoms with Gasteiger partial charge in [0.2, 0.25) is 5.91 Å². The maximum atomic E-state index is 12.3. The normalized spacial score (nSPS) is 10.8. The number of imidazole rings is 1. The predicted octanol–water partition coefficient (Wildman–Crippen LogP) is 5.53. The monoisotopic (exact) mass is 405 g/mol. The molecule has 7 heteroatoms. The van der Waals surface area contributed by atoms with Gasteiger partial charge in [-0.3, -0.25) is 9.36 Å². The summed E-state index contributed by atoms with van der Waals surface area (Å²) in [6.45, 7) is 4.15. The molecule has 134 valence electrons. The summed E-state index contributed by atoms with van der Waals surface area (Å²) in [7, 11) is 0. The Kier molecular flexibility index (Phi) is 5.91. The molecule has 0 unspecified atom stereocenters. The van der Waals surface area contributed by atoms with Gasteiger partial charge in [0.15, 0.2) is 5.16 Å². The van der Waals surface area contributed by atoms with Crippen LogP contribution in [-0.2, 0) is 4.79 Å². The molecule has 26 heavy (non-hydrogen) atoms. The minimum Gasteiger partial charge on any atom is -0.323 e. The van der Waals surface area contributed by atoms with Crippen LogP contribution in [0.1, 0.15) is 11.1 Å². The number of nitrogens with zero attached hydrogens (tertiary/aromatic N) is 2. The van der Waals surface area contributed by atoms with Crippen LogP contribution in [0.4, 0.5) is 5.69 Å². The first-order chi connectivity index (χ1) is 12.5. The van der Waals surface area contributed by atoms with Crippen LogP contribution in [-0.4, -0.2) is 21.2 Å². The van der Waals surface area contributed by atoms with Crippen molar-refractivity contribution in [2.75, 3.05) is 11.1 Å².